The molecule has 0 aliphatic rings. The Kier molecular flexibility index (Phi) is 5.98. The first-order valence-electron chi connectivity index (χ1n) is 5.09. The first kappa shape index (κ1) is 14.9. The van der Waals surface area contributed by atoms with E-state index in [0.717, 1.165) is 0 Å². The summed E-state index contributed by atoms with van der Waals surface area (Å²) >= 11 is 0. The second-order valence-corrected chi connectivity index (χ2v) is 4.22. The average molecular weight is 232 g/mol. The number of amides is 1. The number of aliphatic carboxylic acids is 1. The molecule has 0 aromatic carbocycles. The fourth-order valence-electron chi connectivity index (χ4n) is 0.913. The van der Waals surface area contributed by atoms with Crippen molar-refractivity contribution in [1.29, 1.82) is 0 Å². The number of methoxy groups -OCH3 is 1. The van der Waals surface area contributed by atoms with Gasteiger partial charge in [0.15, 0.2) is 0 Å². The molecule has 6 nitrogen and oxygen atoms in total. The van der Waals surface area contributed by atoms with E-state index in [-0.39, 0.29) is 18.7 Å². The molecule has 0 aliphatic carbocycles. The molecule has 0 saturated carbocycles. The number of rotatable bonds is 7. The molecule has 0 spiro atoms. The van der Waals surface area contributed by atoms with Crippen molar-refractivity contribution in [2.45, 2.75) is 38.3 Å². The van der Waals surface area contributed by atoms with Crippen LogP contribution in [-0.4, -0.2) is 42.3 Å². The lowest BCUT2D eigenvalue weighted by atomic mass is 10.1. The van der Waals surface area contributed by atoms with E-state index in [0.29, 0.717) is 6.54 Å². The van der Waals surface area contributed by atoms with Gasteiger partial charge in [-0.2, -0.15) is 0 Å². The number of ether oxygens (including phenoxy) is 1. The second kappa shape index (κ2) is 6.44. The van der Waals surface area contributed by atoms with Gasteiger partial charge in [0.2, 0.25) is 5.91 Å². The van der Waals surface area contributed by atoms with Crippen LogP contribution in [0.15, 0.2) is 0 Å². The lowest BCUT2D eigenvalue weighted by Gasteiger charge is -2.24. The molecule has 1 amide bonds. The molecule has 0 fully saturated rings. The number of nitrogens with two attached hydrogens (primary N) is 1. The Bertz CT molecular complexity index is 253. The van der Waals surface area contributed by atoms with E-state index in [1.165, 1.54) is 0 Å². The van der Waals surface area contributed by atoms with Crippen molar-refractivity contribution in [3.8, 4) is 0 Å². The fourth-order valence-corrected chi connectivity index (χ4v) is 0.913. The van der Waals surface area contributed by atoms with E-state index in [1.54, 1.807) is 7.11 Å². The highest BCUT2D eigenvalue weighted by Crippen LogP contribution is 2.05. The van der Waals surface area contributed by atoms with Gasteiger partial charge in [-0.3, -0.25) is 9.59 Å². The van der Waals surface area contributed by atoms with Gasteiger partial charge in [-0.05, 0) is 20.3 Å². The Labute approximate surface area is 95.1 Å². The number of hydrogen-bond donors (Lipinski definition) is 3. The Balaban J connectivity index is 3.92. The van der Waals surface area contributed by atoms with Crippen LogP contribution >= 0.6 is 0 Å². The van der Waals surface area contributed by atoms with Crippen molar-refractivity contribution in [1.82, 2.24) is 5.32 Å². The topological polar surface area (TPSA) is 102 Å². The van der Waals surface area contributed by atoms with Crippen LogP contribution < -0.4 is 11.1 Å². The van der Waals surface area contributed by atoms with E-state index < -0.39 is 17.6 Å². The molecule has 0 bridgehead atoms. The van der Waals surface area contributed by atoms with Gasteiger partial charge in [0.1, 0.15) is 0 Å². The zero-order valence-corrected chi connectivity index (χ0v) is 9.95. The molecule has 0 rings (SSSR count). The van der Waals surface area contributed by atoms with Crippen molar-refractivity contribution in [2.24, 2.45) is 5.73 Å². The summed E-state index contributed by atoms with van der Waals surface area (Å²) in [6, 6.07) is -0.788. The molecule has 4 N–H and O–H groups in total. The summed E-state index contributed by atoms with van der Waals surface area (Å²) in [6.45, 7) is 4.00. The monoisotopic (exact) mass is 232 g/mol. The normalized spacial score (nSPS) is 13.2. The van der Waals surface area contributed by atoms with Crippen molar-refractivity contribution in [3.63, 3.8) is 0 Å². The highest BCUT2D eigenvalue weighted by molar-refractivity contribution is 5.82. The molecule has 0 aromatic heterocycles. The van der Waals surface area contributed by atoms with Gasteiger partial charge < -0.3 is 20.9 Å². The Hall–Kier alpha value is -1.14. The van der Waals surface area contributed by atoms with Gasteiger partial charge in [0.05, 0.1) is 11.6 Å². The zero-order valence-electron chi connectivity index (χ0n) is 9.95. The summed E-state index contributed by atoms with van der Waals surface area (Å²) in [4.78, 5) is 21.7. The highest BCUT2D eigenvalue weighted by Gasteiger charge is 2.20. The summed E-state index contributed by atoms with van der Waals surface area (Å²) in [7, 11) is 1.55. The lowest BCUT2D eigenvalue weighted by molar-refractivity contribution is -0.137. The summed E-state index contributed by atoms with van der Waals surface area (Å²) < 4.78 is 5.12. The Morgan fingerprint density at radius 2 is 2.06 bits per heavy atom. The van der Waals surface area contributed by atoms with Gasteiger partial charge >= 0.3 is 5.97 Å². The number of nitrogens with one attached hydrogen (secondary N) is 1. The van der Waals surface area contributed by atoms with Crippen molar-refractivity contribution in [2.75, 3.05) is 13.7 Å². The van der Waals surface area contributed by atoms with Crippen molar-refractivity contribution in [3.05, 3.63) is 0 Å². The molecule has 0 heterocycles. The molecule has 1 unspecified atom stereocenters. The Morgan fingerprint density at radius 1 is 1.50 bits per heavy atom. The third-order valence-electron chi connectivity index (χ3n) is 2.25. The first-order chi connectivity index (χ1) is 7.28. The number of hydrogen-bond acceptors (Lipinski definition) is 4. The predicted octanol–water partition coefficient (Wildman–Crippen LogP) is -0.280. The van der Waals surface area contributed by atoms with Crippen LogP contribution in [0.5, 0.6) is 0 Å². The minimum Gasteiger partial charge on any atom is -0.481 e. The second-order valence-electron chi connectivity index (χ2n) is 4.22. The number of carbonyl (C=O) groups is 2. The molecule has 0 aliphatic heterocycles. The third-order valence-corrected chi connectivity index (χ3v) is 2.25. The smallest absolute Gasteiger partial charge is 0.303 e. The van der Waals surface area contributed by atoms with Gasteiger partial charge in [-0.1, -0.05) is 0 Å². The number of carboxylic acid groups (broad SMARTS) is 1. The van der Waals surface area contributed by atoms with E-state index in [2.05, 4.69) is 5.32 Å². The molecule has 6 heteroatoms. The summed E-state index contributed by atoms with van der Waals surface area (Å²) in [6.07, 6.45) is 0.0246. The van der Waals surface area contributed by atoms with Crippen LogP contribution in [0.4, 0.5) is 0 Å². The fraction of sp³-hybridized carbons (Fsp3) is 0.800. The van der Waals surface area contributed by atoms with E-state index in [9.17, 15) is 9.59 Å². The average Bonchev–Trinajstić information content (AvgIpc) is 2.22. The van der Waals surface area contributed by atoms with E-state index >= 15 is 0 Å². The molecule has 0 saturated heterocycles. The molecular formula is C10H20N2O4. The van der Waals surface area contributed by atoms with Gasteiger partial charge in [0.25, 0.3) is 0 Å². The van der Waals surface area contributed by atoms with Crippen LogP contribution in [0.2, 0.25) is 0 Å². The highest BCUT2D eigenvalue weighted by atomic mass is 16.5. The van der Waals surface area contributed by atoms with Crippen LogP contribution in [0, 0.1) is 0 Å². The van der Waals surface area contributed by atoms with Crippen LogP contribution in [-0.2, 0) is 14.3 Å². The van der Waals surface area contributed by atoms with Crippen LogP contribution in [0.3, 0.4) is 0 Å². The lowest BCUT2D eigenvalue weighted by Crippen LogP contribution is -2.46. The summed E-state index contributed by atoms with van der Waals surface area (Å²) in [5.74, 6) is -1.31. The van der Waals surface area contributed by atoms with Crippen molar-refractivity contribution < 1.29 is 19.4 Å². The standard InChI is InChI=1S/C10H20N2O4/c1-10(2,16-3)6-12-9(15)7(11)4-5-8(13)14/h7H,4-6,11H2,1-3H3,(H,12,15)(H,13,14). The molecular weight excluding hydrogens is 212 g/mol. The maximum absolute atomic E-state index is 11.4. The minimum absolute atomic E-state index is 0.109. The molecule has 94 valence electrons. The number of carbonyl (C=O) groups excluding carboxylic acids is 1. The quantitative estimate of drug-likeness (QED) is 0.560. The van der Waals surface area contributed by atoms with E-state index in [4.69, 9.17) is 15.6 Å². The molecule has 0 radical (unpaired) electrons. The SMILES string of the molecule is COC(C)(C)CNC(=O)C(N)CCC(=O)O. The molecule has 1 atom stereocenters. The minimum atomic E-state index is -0.958. The Morgan fingerprint density at radius 3 is 2.50 bits per heavy atom. The number of carboxylic acids is 1. The third kappa shape index (κ3) is 6.36. The molecule has 0 aromatic rings. The summed E-state index contributed by atoms with van der Waals surface area (Å²) in [5.41, 5.74) is 5.06. The van der Waals surface area contributed by atoms with E-state index in [1.807, 2.05) is 13.8 Å². The first-order valence-corrected chi connectivity index (χ1v) is 5.09. The largest absolute Gasteiger partial charge is 0.481 e. The van der Waals surface area contributed by atoms with Crippen LogP contribution in [0.1, 0.15) is 26.7 Å². The zero-order chi connectivity index (χ0) is 12.8. The van der Waals surface area contributed by atoms with Gasteiger partial charge in [-0.15, -0.1) is 0 Å². The van der Waals surface area contributed by atoms with Crippen LogP contribution in [0.25, 0.3) is 0 Å². The summed E-state index contributed by atoms with van der Waals surface area (Å²) in [5, 5.41) is 11.0. The van der Waals surface area contributed by atoms with Crippen molar-refractivity contribution >= 4 is 11.9 Å². The predicted molar refractivity (Wildman–Crippen MR) is 58.9 cm³/mol. The maximum atomic E-state index is 11.4. The maximum Gasteiger partial charge on any atom is 0.303 e. The molecule has 16 heavy (non-hydrogen) atoms. The van der Waals surface area contributed by atoms with Gasteiger partial charge in [-0.25, -0.2) is 0 Å². The van der Waals surface area contributed by atoms with Gasteiger partial charge in [0, 0.05) is 20.1 Å².